The van der Waals surface area contributed by atoms with Crippen LogP contribution in [0.3, 0.4) is 0 Å². The number of halogens is 2. The lowest BCUT2D eigenvalue weighted by Crippen LogP contribution is -2.34. The smallest absolute Gasteiger partial charge is 0.256 e. The second kappa shape index (κ2) is 9.39. The number of hydrogen-bond donors (Lipinski definition) is 1. The van der Waals surface area contributed by atoms with Gasteiger partial charge >= 0.3 is 0 Å². The Kier molecular flexibility index (Phi) is 5.99. The average molecular weight is 456 g/mol. The van der Waals surface area contributed by atoms with Crippen molar-refractivity contribution < 1.29 is 13.6 Å². The van der Waals surface area contributed by atoms with E-state index in [0.717, 1.165) is 12.0 Å². The number of anilines is 1. The number of rotatable bonds is 5. The first-order chi connectivity index (χ1) is 16.6. The van der Waals surface area contributed by atoms with E-state index in [-0.39, 0.29) is 24.1 Å². The maximum Gasteiger partial charge on any atom is 0.256 e. The molecule has 3 aromatic carbocycles. The lowest BCUT2D eigenvalue weighted by Gasteiger charge is -2.31. The molecule has 4 aromatic rings. The van der Waals surface area contributed by atoms with Gasteiger partial charge in [-0.25, -0.2) is 18.7 Å². The van der Waals surface area contributed by atoms with E-state index in [2.05, 4.69) is 27.3 Å². The molecule has 5 rings (SSSR count). The maximum absolute atomic E-state index is 13.4. The molecule has 0 fully saturated rings. The zero-order valence-electron chi connectivity index (χ0n) is 18.3. The molecule has 1 aromatic heterocycles. The Morgan fingerprint density at radius 2 is 1.59 bits per heavy atom. The number of aromatic nitrogens is 2. The van der Waals surface area contributed by atoms with Gasteiger partial charge in [0.2, 0.25) is 0 Å². The Hall–Kier alpha value is -4.13. The van der Waals surface area contributed by atoms with Gasteiger partial charge in [0.25, 0.3) is 5.91 Å². The molecule has 0 atom stereocenters. The van der Waals surface area contributed by atoms with Gasteiger partial charge in [0, 0.05) is 31.4 Å². The topological polar surface area (TPSA) is 58.1 Å². The predicted octanol–water partition coefficient (Wildman–Crippen LogP) is 4.91. The van der Waals surface area contributed by atoms with Crippen LogP contribution >= 0.6 is 0 Å². The quantitative estimate of drug-likeness (QED) is 0.464. The van der Waals surface area contributed by atoms with E-state index in [1.54, 1.807) is 24.3 Å². The van der Waals surface area contributed by atoms with Gasteiger partial charge in [0.05, 0.1) is 0 Å². The minimum atomic E-state index is -0.339. The highest BCUT2D eigenvalue weighted by Gasteiger charge is 2.24. The van der Waals surface area contributed by atoms with Gasteiger partial charge in [-0.3, -0.25) is 4.79 Å². The normalized spacial score (nSPS) is 12.8. The number of carbonyl (C=O) groups excluding carboxylic acids is 1. The van der Waals surface area contributed by atoms with E-state index in [0.29, 0.717) is 35.9 Å². The summed E-state index contributed by atoms with van der Waals surface area (Å²) in [6.07, 6.45) is 2.35. The van der Waals surface area contributed by atoms with E-state index in [1.807, 2.05) is 12.1 Å². The number of hydrogen-bond acceptors (Lipinski definition) is 4. The Bertz CT molecular complexity index is 1320. The molecule has 34 heavy (non-hydrogen) atoms. The van der Waals surface area contributed by atoms with Crippen LogP contribution in [-0.2, 0) is 19.5 Å². The molecule has 0 saturated carbocycles. The summed E-state index contributed by atoms with van der Waals surface area (Å²) in [5, 5.41) is 2.88. The minimum Gasteiger partial charge on any atom is -0.351 e. The van der Waals surface area contributed by atoms with Gasteiger partial charge in [-0.15, -0.1) is 0 Å². The zero-order chi connectivity index (χ0) is 23.5. The Morgan fingerprint density at radius 1 is 0.912 bits per heavy atom. The van der Waals surface area contributed by atoms with E-state index in [1.165, 1.54) is 41.6 Å². The molecule has 0 saturated heterocycles. The number of nitrogens with zero attached hydrogens (tertiary/aromatic N) is 3. The highest BCUT2D eigenvalue weighted by atomic mass is 19.1. The summed E-state index contributed by atoms with van der Waals surface area (Å²) in [6.45, 7) is 1.57. The second-order valence-electron chi connectivity index (χ2n) is 8.19. The molecule has 170 valence electrons. The van der Waals surface area contributed by atoms with Crippen LogP contribution in [0.2, 0.25) is 0 Å². The van der Waals surface area contributed by atoms with E-state index >= 15 is 0 Å². The SMILES string of the molecule is O=C(NCc1ccc(F)cc1)c1cnc(-c2ccc(F)cc2)nc1N1CCc2ccccc2C1. The number of benzene rings is 3. The Balaban J connectivity index is 1.46. The van der Waals surface area contributed by atoms with Crippen LogP contribution in [0.25, 0.3) is 11.4 Å². The number of amides is 1. The highest BCUT2D eigenvalue weighted by Crippen LogP contribution is 2.28. The molecular formula is C27H22F2N4O. The van der Waals surface area contributed by atoms with Crippen LogP contribution in [0.5, 0.6) is 0 Å². The van der Waals surface area contributed by atoms with Crippen molar-refractivity contribution >= 4 is 11.7 Å². The van der Waals surface area contributed by atoms with Crippen molar-refractivity contribution in [2.75, 3.05) is 11.4 Å². The summed E-state index contributed by atoms with van der Waals surface area (Å²) >= 11 is 0. The minimum absolute atomic E-state index is 0.251. The molecule has 1 N–H and O–H groups in total. The van der Waals surface area contributed by atoms with Crippen LogP contribution in [0.4, 0.5) is 14.6 Å². The fourth-order valence-electron chi connectivity index (χ4n) is 4.07. The number of carbonyl (C=O) groups is 1. The van der Waals surface area contributed by atoms with Crippen molar-refractivity contribution in [2.24, 2.45) is 0 Å². The van der Waals surface area contributed by atoms with Gasteiger partial charge in [-0.1, -0.05) is 36.4 Å². The molecule has 7 heteroatoms. The monoisotopic (exact) mass is 456 g/mol. The molecule has 2 heterocycles. The van der Waals surface area contributed by atoms with Gasteiger partial charge in [-0.05, 0) is 59.5 Å². The molecular weight excluding hydrogens is 434 g/mol. The van der Waals surface area contributed by atoms with Crippen molar-refractivity contribution in [3.8, 4) is 11.4 Å². The molecule has 5 nitrogen and oxygen atoms in total. The summed E-state index contributed by atoms with van der Waals surface area (Å²) in [4.78, 5) is 24.4. The van der Waals surface area contributed by atoms with Crippen LogP contribution in [0.1, 0.15) is 27.0 Å². The van der Waals surface area contributed by atoms with Crippen LogP contribution in [-0.4, -0.2) is 22.4 Å². The molecule has 0 radical (unpaired) electrons. The van der Waals surface area contributed by atoms with Crippen molar-refractivity contribution in [3.63, 3.8) is 0 Å². The summed E-state index contributed by atoms with van der Waals surface area (Å²) in [6, 6.07) is 20.2. The summed E-state index contributed by atoms with van der Waals surface area (Å²) in [5.41, 5.74) is 4.28. The van der Waals surface area contributed by atoms with Crippen molar-refractivity contribution in [1.29, 1.82) is 0 Å². The number of fused-ring (bicyclic) bond motifs is 1. The van der Waals surface area contributed by atoms with E-state index in [4.69, 9.17) is 4.98 Å². The van der Waals surface area contributed by atoms with Gasteiger partial charge < -0.3 is 10.2 Å². The Morgan fingerprint density at radius 3 is 2.32 bits per heavy atom. The van der Waals surface area contributed by atoms with Crippen LogP contribution in [0.15, 0.2) is 79.0 Å². The van der Waals surface area contributed by atoms with Crippen LogP contribution < -0.4 is 10.2 Å². The molecule has 1 amide bonds. The standard InChI is InChI=1S/C27H22F2N4O/c28-22-9-5-18(6-10-22)15-31-27(34)24-16-30-25(20-7-11-23(29)12-8-20)32-26(24)33-14-13-19-3-1-2-4-21(19)17-33/h1-12,16H,13-15,17H2,(H,31,34). The number of nitrogens with one attached hydrogen (secondary N) is 1. The predicted molar refractivity (Wildman–Crippen MR) is 126 cm³/mol. The third kappa shape index (κ3) is 4.64. The molecule has 0 aliphatic carbocycles. The first-order valence-electron chi connectivity index (χ1n) is 11.0. The van der Waals surface area contributed by atoms with E-state index < -0.39 is 0 Å². The Labute approximate surface area is 196 Å². The van der Waals surface area contributed by atoms with Crippen molar-refractivity contribution in [1.82, 2.24) is 15.3 Å². The summed E-state index contributed by atoms with van der Waals surface area (Å²) < 4.78 is 26.6. The highest BCUT2D eigenvalue weighted by molar-refractivity contribution is 5.99. The van der Waals surface area contributed by atoms with E-state index in [9.17, 15) is 13.6 Å². The summed E-state index contributed by atoms with van der Waals surface area (Å²) in [7, 11) is 0. The third-order valence-electron chi connectivity index (χ3n) is 5.91. The average Bonchev–Trinajstić information content (AvgIpc) is 2.88. The fourth-order valence-corrected chi connectivity index (χ4v) is 4.07. The maximum atomic E-state index is 13.4. The molecule has 0 spiro atoms. The van der Waals surface area contributed by atoms with Crippen LogP contribution in [0, 0.1) is 11.6 Å². The summed E-state index contributed by atoms with van der Waals surface area (Å²) in [5.74, 6) is -0.0332. The first kappa shape index (κ1) is 21.7. The van der Waals surface area contributed by atoms with Gasteiger partial charge in [0.1, 0.15) is 23.0 Å². The molecule has 1 aliphatic rings. The first-order valence-corrected chi connectivity index (χ1v) is 11.0. The fraction of sp³-hybridized carbons (Fsp3) is 0.148. The molecule has 1 aliphatic heterocycles. The second-order valence-corrected chi connectivity index (χ2v) is 8.19. The molecule has 0 bridgehead atoms. The third-order valence-corrected chi connectivity index (χ3v) is 5.91. The zero-order valence-corrected chi connectivity index (χ0v) is 18.3. The largest absolute Gasteiger partial charge is 0.351 e. The van der Waals surface area contributed by atoms with Crippen molar-refractivity contribution in [3.05, 3.63) is 113 Å². The lowest BCUT2D eigenvalue weighted by atomic mass is 9.99. The van der Waals surface area contributed by atoms with Gasteiger partial charge in [-0.2, -0.15) is 0 Å². The van der Waals surface area contributed by atoms with Crippen molar-refractivity contribution in [2.45, 2.75) is 19.5 Å². The lowest BCUT2D eigenvalue weighted by molar-refractivity contribution is 0.0950. The molecule has 0 unspecified atom stereocenters. The van der Waals surface area contributed by atoms with Gasteiger partial charge in [0.15, 0.2) is 5.82 Å².